The maximum atomic E-state index is 6.01. The Morgan fingerprint density at radius 1 is 1.50 bits per heavy atom. The molecule has 2 N–H and O–H groups in total. The van der Waals surface area contributed by atoms with Gasteiger partial charge in [0, 0.05) is 30.4 Å². The Morgan fingerprint density at radius 2 is 2.38 bits per heavy atom. The van der Waals surface area contributed by atoms with Gasteiger partial charge in [-0.15, -0.1) is 0 Å². The van der Waals surface area contributed by atoms with Crippen LogP contribution in [0.15, 0.2) is 24.3 Å². The van der Waals surface area contributed by atoms with Crippen molar-refractivity contribution < 1.29 is 4.74 Å². The van der Waals surface area contributed by atoms with Crippen LogP contribution >= 0.6 is 11.6 Å². The monoisotopic (exact) mass is 240 g/mol. The highest BCUT2D eigenvalue weighted by molar-refractivity contribution is 6.30. The Labute approximate surface area is 101 Å². The molecular weight excluding hydrogens is 224 g/mol. The molecule has 1 unspecified atom stereocenters. The summed E-state index contributed by atoms with van der Waals surface area (Å²) < 4.78 is 5.42. The van der Waals surface area contributed by atoms with Gasteiger partial charge >= 0.3 is 0 Å². The van der Waals surface area contributed by atoms with Crippen LogP contribution in [0.5, 0.6) is 0 Å². The first-order chi connectivity index (χ1) is 7.81. The molecule has 16 heavy (non-hydrogen) atoms. The minimum absolute atomic E-state index is 0.432. The van der Waals surface area contributed by atoms with E-state index in [1.807, 2.05) is 18.2 Å². The molecule has 0 saturated carbocycles. The zero-order valence-electron chi connectivity index (χ0n) is 9.23. The van der Waals surface area contributed by atoms with Crippen molar-refractivity contribution >= 4 is 17.3 Å². The Balaban J connectivity index is 2.17. The fraction of sp³-hybridized carbons (Fsp3) is 0.500. The first-order valence-corrected chi connectivity index (χ1v) is 5.99. The smallest absolute Gasteiger partial charge is 0.0670 e. The van der Waals surface area contributed by atoms with Crippen molar-refractivity contribution in [1.29, 1.82) is 0 Å². The van der Waals surface area contributed by atoms with E-state index in [0.717, 1.165) is 36.9 Å². The van der Waals surface area contributed by atoms with Gasteiger partial charge in [-0.2, -0.15) is 0 Å². The Morgan fingerprint density at radius 3 is 3.00 bits per heavy atom. The normalized spacial score (nSPS) is 20.0. The van der Waals surface area contributed by atoms with Gasteiger partial charge in [0.05, 0.1) is 12.6 Å². The zero-order chi connectivity index (χ0) is 11.4. The number of hydrogen-bond donors (Lipinski definition) is 1. The summed E-state index contributed by atoms with van der Waals surface area (Å²) in [4.78, 5) is 2.29. The van der Waals surface area contributed by atoms with Crippen molar-refractivity contribution in [3.63, 3.8) is 0 Å². The van der Waals surface area contributed by atoms with Crippen LogP contribution in [-0.4, -0.2) is 32.3 Å². The molecule has 2 rings (SSSR count). The molecule has 0 spiro atoms. The van der Waals surface area contributed by atoms with E-state index >= 15 is 0 Å². The van der Waals surface area contributed by atoms with Crippen LogP contribution in [0.2, 0.25) is 5.02 Å². The molecule has 0 amide bonds. The first-order valence-electron chi connectivity index (χ1n) is 5.61. The molecule has 4 heteroatoms. The number of rotatable bonds is 4. The van der Waals surface area contributed by atoms with Crippen molar-refractivity contribution in [2.24, 2.45) is 5.73 Å². The largest absolute Gasteiger partial charge is 0.379 e. The molecule has 0 radical (unpaired) electrons. The van der Waals surface area contributed by atoms with Gasteiger partial charge in [0.15, 0.2) is 0 Å². The number of nitrogens with two attached hydrogens (primary N) is 1. The molecule has 88 valence electrons. The molecule has 1 heterocycles. The van der Waals surface area contributed by atoms with Crippen molar-refractivity contribution in [3.05, 3.63) is 29.3 Å². The van der Waals surface area contributed by atoms with Gasteiger partial charge in [0.25, 0.3) is 0 Å². The number of halogens is 1. The second kappa shape index (κ2) is 5.53. The fourth-order valence-corrected chi connectivity index (χ4v) is 2.27. The van der Waals surface area contributed by atoms with Crippen LogP contribution in [0.1, 0.15) is 6.42 Å². The van der Waals surface area contributed by atoms with E-state index in [4.69, 9.17) is 22.1 Å². The van der Waals surface area contributed by atoms with Crippen molar-refractivity contribution in [3.8, 4) is 0 Å². The third kappa shape index (κ3) is 2.67. The molecule has 1 aromatic carbocycles. The minimum Gasteiger partial charge on any atom is -0.379 e. The molecule has 1 aliphatic heterocycles. The average Bonchev–Trinajstić information content (AvgIpc) is 2.79. The number of anilines is 1. The number of hydrogen-bond acceptors (Lipinski definition) is 3. The van der Waals surface area contributed by atoms with Gasteiger partial charge in [-0.3, -0.25) is 0 Å². The van der Waals surface area contributed by atoms with E-state index in [1.165, 1.54) is 0 Å². The molecular formula is C12H17ClN2O. The summed E-state index contributed by atoms with van der Waals surface area (Å²) in [5.74, 6) is 0. The van der Waals surface area contributed by atoms with Crippen molar-refractivity contribution in [2.75, 3.05) is 31.2 Å². The zero-order valence-corrected chi connectivity index (χ0v) is 9.99. The summed E-state index contributed by atoms with van der Waals surface area (Å²) in [6.45, 7) is 3.11. The summed E-state index contributed by atoms with van der Waals surface area (Å²) >= 11 is 6.01. The van der Waals surface area contributed by atoms with Gasteiger partial charge in [-0.25, -0.2) is 0 Å². The first kappa shape index (κ1) is 11.7. The topological polar surface area (TPSA) is 38.5 Å². The molecule has 0 aromatic heterocycles. The molecule has 1 aromatic rings. The molecule has 1 atom stereocenters. The summed E-state index contributed by atoms with van der Waals surface area (Å²) in [5.41, 5.74) is 6.79. The molecule has 1 fully saturated rings. The van der Waals surface area contributed by atoms with E-state index in [0.29, 0.717) is 12.6 Å². The van der Waals surface area contributed by atoms with Crippen molar-refractivity contribution in [2.45, 2.75) is 12.5 Å². The van der Waals surface area contributed by atoms with Crippen LogP contribution in [-0.2, 0) is 4.74 Å². The highest BCUT2D eigenvalue weighted by Gasteiger charge is 2.23. The Kier molecular flexibility index (Phi) is 4.04. The highest BCUT2D eigenvalue weighted by Crippen LogP contribution is 2.24. The quantitative estimate of drug-likeness (QED) is 0.874. The molecule has 0 bridgehead atoms. The number of ether oxygens (including phenoxy) is 1. The third-order valence-electron chi connectivity index (χ3n) is 2.86. The van der Waals surface area contributed by atoms with Crippen LogP contribution < -0.4 is 10.6 Å². The predicted octanol–water partition coefficient (Wildman–Crippen LogP) is 1.89. The predicted molar refractivity (Wildman–Crippen MR) is 67.1 cm³/mol. The number of benzene rings is 1. The fourth-order valence-electron chi connectivity index (χ4n) is 2.08. The Hall–Kier alpha value is -0.770. The lowest BCUT2D eigenvalue weighted by Crippen LogP contribution is -2.39. The van der Waals surface area contributed by atoms with E-state index in [-0.39, 0.29) is 0 Å². The van der Waals surface area contributed by atoms with Gasteiger partial charge in [0.1, 0.15) is 0 Å². The summed E-state index contributed by atoms with van der Waals surface area (Å²) in [7, 11) is 0. The van der Waals surface area contributed by atoms with Crippen molar-refractivity contribution in [1.82, 2.24) is 0 Å². The van der Waals surface area contributed by atoms with Crippen LogP contribution in [0.4, 0.5) is 5.69 Å². The molecule has 1 saturated heterocycles. The van der Waals surface area contributed by atoms with E-state index in [9.17, 15) is 0 Å². The van der Waals surface area contributed by atoms with Gasteiger partial charge in [-0.1, -0.05) is 17.7 Å². The summed E-state index contributed by atoms with van der Waals surface area (Å²) in [6, 6.07) is 8.34. The summed E-state index contributed by atoms with van der Waals surface area (Å²) in [6.07, 6.45) is 1.06. The highest BCUT2D eigenvalue weighted by atomic mass is 35.5. The third-order valence-corrected chi connectivity index (χ3v) is 3.09. The van der Waals surface area contributed by atoms with Crippen LogP contribution in [0.25, 0.3) is 0 Å². The lowest BCUT2D eigenvalue weighted by molar-refractivity contribution is 0.193. The standard InChI is InChI=1S/C12H17ClN2O/c13-10-2-1-3-11(8-10)15(6-5-14)12-4-7-16-9-12/h1-3,8,12H,4-7,9,14H2. The maximum Gasteiger partial charge on any atom is 0.0670 e. The van der Waals surface area contributed by atoms with Gasteiger partial charge < -0.3 is 15.4 Å². The van der Waals surface area contributed by atoms with Gasteiger partial charge in [0.2, 0.25) is 0 Å². The lowest BCUT2D eigenvalue weighted by atomic mass is 10.2. The van der Waals surface area contributed by atoms with Crippen LogP contribution in [0.3, 0.4) is 0 Å². The van der Waals surface area contributed by atoms with E-state index < -0.39 is 0 Å². The minimum atomic E-state index is 0.432. The van der Waals surface area contributed by atoms with E-state index in [2.05, 4.69) is 11.0 Å². The SMILES string of the molecule is NCCN(c1cccc(Cl)c1)C1CCOC1. The average molecular weight is 241 g/mol. The second-order valence-electron chi connectivity index (χ2n) is 3.98. The maximum absolute atomic E-state index is 6.01. The number of nitrogens with zero attached hydrogens (tertiary/aromatic N) is 1. The molecule has 0 aliphatic carbocycles. The molecule has 1 aliphatic rings. The van der Waals surface area contributed by atoms with Crippen LogP contribution in [0, 0.1) is 0 Å². The Bertz CT molecular complexity index is 340. The van der Waals surface area contributed by atoms with Gasteiger partial charge in [-0.05, 0) is 24.6 Å². The van der Waals surface area contributed by atoms with E-state index in [1.54, 1.807) is 0 Å². The summed E-state index contributed by atoms with van der Waals surface area (Å²) in [5, 5.41) is 0.762. The molecule has 3 nitrogen and oxygen atoms in total. The lowest BCUT2D eigenvalue weighted by Gasteiger charge is -2.29. The second-order valence-corrected chi connectivity index (χ2v) is 4.42.